The summed E-state index contributed by atoms with van der Waals surface area (Å²) in [5, 5.41) is 9.46. The standard InChI is InChI=1S/C22H18F4N4O4S/c1-3-19(32)30(21(33)29(2)13-22(24,25)26)16-11-18(14(12-27)10-15(16)23)35-17-6-4-7-28-20(17)34-9-5-8-31/h3-4,6-8,10-11H,1,5,9,13H2,2H3. The number of aldehydes is 1. The number of alkyl halides is 3. The quantitative estimate of drug-likeness (QED) is 0.214. The van der Waals surface area contributed by atoms with Crippen LogP contribution in [-0.4, -0.2) is 54.5 Å². The maximum Gasteiger partial charge on any atom is 0.406 e. The third-order valence-corrected chi connectivity index (χ3v) is 5.26. The lowest BCUT2D eigenvalue weighted by molar-refractivity contribution is -0.137. The second-order valence-corrected chi connectivity index (χ2v) is 7.84. The van der Waals surface area contributed by atoms with Gasteiger partial charge in [0.2, 0.25) is 5.88 Å². The van der Waals surface area contributed by atoms with Crippen molar-refractivity contribution in [3.05, 3.63) is 54.5 Å². The number of urea groups is 1. The maximum absolute atomic E-state index is 14.9. The fourth-order valence-corrected chi connectivity index (χ4v) is 3.65. The first-order valence-electron chi connectivity index (χ1n) is 9.73. The molecule has 0 saturated heterocycles. The smallest absolute Gasteiger partial charge is 0.406 e. The van der Waals surface area contributed by atoms with Crippen LogP contribution in [0.25, 0.3) is 0 Å². The molecule has 0 unspecified atom stereocenters. The number of benzene rings is 1. The lowest BCUT2D eigenvalue weighted by Crippen LogP contribution is -2.47. The fraction of sp³-hybridized carbons (Fsp3) is 0.227. The molecule has 0 aliphatic rings. The third-order valence-electron chi connectivity index (χ3n) is 4.17. The number of carbonyl (C=O) groups is 3. The number of aromatic nitrogens is 1. The second-order valence-electron chi connectivity index (χ2n) is 6.76. The molecule has 0 aliphatic carbocycles. The zero-order chi connectivity index (χ0) is 26.2. The minimum absolute atomic E-state index is 0.0233. The van der Waals surface area contributed by atoms with Gasteiger partial charge in [0.15, 0.2) is 0 Å². The molecular weight excluding hydrogens is 492 g/mol. The van der Waals surface area contributed by atoms with E-state index in [1.54, 1.807) is 18.2 Å². The Morgan fingerprint density at radius 2 is 2.03 bits per heavy atom. The molecule has 0 saturated carbocycles. The largest absolute Gasteiger partial charge is 0.476 e. The Hall–Kier alpha value is -3.92. The van der Waals surface area contributed by atoms with Gasteiger partial charge in [-0.2, -0.15) is 18.4 Å². The Morgan fingerprint density at radius 1 is 1.31 bits per heavy atom. The Bertz CT molecular complexity index is 1170. The molecule has 184 valence electrons. The number of pyridine rings is 1. The molecule has 35 heavy (non-hydrogen) atoms. The molecule has 0 radical (unpaired) electrons. The molecule has 3 amide bonds. The normalized spacial score (nSPS) is 10.7. The molecule has 2 aromatic rings. The molecule has 0 bridgehead atoms. The van der Waals surface area contributed by atoms with E-state index in [0.717, 1.165) is 30.9 Å². The van der Waals surface area contributed by atoms with E-state index in [-0.39, 0.29) is 39.2 Å². The van der Waals surface area contributed by atoms with Crippen molar-refractivity contribution in [1.82, 2.24) is 9.88 Å². The van der Waals surface area contributed by atoms with Crippen LogP contribution in [0, 0.1) is 17.1 Å². The number of carbonyl (C=O) groups excluding carboxylic acids is 3. The molecule has 8 nitrogen and oxygen atoms in total. The van der Waals surface area contributed by atoms with Crippen LogP contribution in [0.1, 0.15) is 12.0 Å². The molecule has 0 aliphatic heterocycles. The van der Waals surface area contributed by atoms with Crippen LogP contribution in [0.2, 0.25) is 0 Å². The van der Waals surface area contributed by atoms with Gasteiger partial charge in [-0.15, -0.1) is 0 Å². The van der Waals surface area contributed by atoms with Crippen molar-refractivity contribution < 1.29 is 36.7 Å². The number of amides is 3. The highest BCUT2D eigenvalue weighted by molar-refractivity contribution is 7.99. The SMILES string of the molecule is C=CC(=O)N(C(=O)N(C)CC(F)(F)F)c1cc(Sc2cccnc2OCCC=O)c(C#N)cc1F. The first-order valence-corrected chi connectivity index (χ1v) is 10.5. The molecule has 2 rings (SSSR count). The Labute approximate surface area is 201 Å². The van der Waals surface area contributed by atoms with Crippen molar-refractivity contribution >= 4 is 35.7 Å². The topological polar surface area (TPSA) is 104 Å². The summed E-state index contributed by atoms with van der Waals surface area (Å²) in [7, 11) is 0.801. The van der Waals surface area contributed by atoms with Gasteiger partial charge < -0.3 is 14.4 Å². The molecule has 0 fully saturated rings. The number of rotatable bonds is 9. The molecular formula is C22H18F4N4O4S. The van der Waals surface area contributed by atoms with Gasteiger partial charge >= 0.3 is 12.2 Å². The zero-order valence-corrected chi connectivity index (χ0v) is 19.0. The third kappa shape index (κ3) is 7.28. The molecule has 0 atom stereocenters. The van der Waals surface area contributed by atoms with E-state index >= 15 is 0 Å². The average molecular weight is 510 g/mol. The van der Waals surface area contributed by atoms with Crippen LogP contribution in [0.15, 0.2) is 52.9 Å². The van der Waals surface area contributed by atoms with E-state index in [1.807, 2.05) is 0 Å². The predicted molar refractivity (Wildman–Crippen MR) is 117 cm³/mol. The van der Waals surface area contributed by atoms with Crippen LogP contribution in [-0.2, 0) is 9.59 Å². The number of imide groups is 1. The summed E-state index contributed by atoms with van der Waals surface area (Å²) < 4.78 is 58.7. The molecule has 0 N–H and O–H groups in total. The Morgan fingerprint density at radius 3 is 2.63 bits per heavy atom. The van der Waals surface area contributed by atoms with Crippen molar-refractivity contribution in [2.45, 2.75) is 22.4 Å². The number of nitrogens with zero attached hydrogens (tertiary/aromatic N) is 4. The van der Waals surface area contributed by atoms with Crippen molar-refractivity contribution in [1.29, 1.82) is 5.26 Å². The lowest BCUT2D eigenvalue weighted by atomic mass is 10.2. The summed E-state index contributed by atoms with van der Waals surface area (Å²) in [6, 6.07) is 5.18. The number of hydrogen-bond acceptors (Lipinski definition) is 7. The number of nitriles is 1. The second kappa shape index (κ2) is 12.0. The molecule has 1 aromatic carbocycles. The first-order chi connectivity index (χ1) is 16.5. The van der Waals surface area contributed by atoms with Crippen LogP contribution < -0.4 is 9.64 Å². The lowest BCUT2D eigenvalue weighted by Gasteiger charge is -2.27. The molecule has 13 heteroatoms. The average Bonchev–Trinajstić information content (AvgIpc) is 2.80. The van der Waals surface area contributed by atoms with E-state index in [4.69, 9.17) is 4.74 Å². The summed E-state index contributed by atoms with van der Waals surface area (Å²) in [6.07, 6.45) is -1.96. The van der Waals surface area contributed by atoms with Gasteiger partial charge in [-0.3, -0.25) is 4.79 Å². The van der Waals surface area contributed by atoms with Gasteiger partial charge in [0, 0.05) is 24.6 Å². The van der Waals surface area contributed by atoms with Crippen LogP contribution >= 0.6 is 11.8 Å². The van der Waals surface area contributed by atoms with E-state index in [0.29, 0.717) is 17.3 Å². The minimum Gasteiger partial charge on any atom is -0.476 e. The van der Waals surface area contributed by atoms with Crippen LogP contribution in [0.4, 0.5) is 28.0 Å². The number of hydrogen-bond donors (Lipinski definition) is 0. The summed E-state index contributed by atoms with van der Waals surface area (Å²) in [5.74, 6) is -2.26. The number of ether oxygens (including phenoxy) is 1. The van der Waals surface area contributed by atoms with E-state index in [2.05, 4.69) is 11.6 Å². The van der Waals surface area contributed by atoms with Crippen molar-refractivity contribution in [3.8, 4) is 11.9 Å². The van der Waals surface area contributed by atoms with Gasteiger partial charge in [0.05, 0.1) is 22.8 Å². The highest BCUT2D eigenvalue weighted by Crippen LogP contribution is 2.38. The summed E-state index contributed by atoms with van der Waals surface area (Å²) in [4.78, 5) is 40.5. The van der Waals surface area contributed by atoms with Crippen molar-refractivity contribution in [3.63, 3.8) is 0 Å². The summed E-state index contributed by atoms with van der Waals surface area (Å²) >= 11 is 0.879. The predicted octanol–water partition coefficient (Wildman–Crippen LogP) is 4.34. The fourth-order valence-electron chi connectivity index (χ4n) is 2.68. The summed E-state index contributed by atoms with van der Waals surface area (Å²) in [6.45, 7) is 1.54. The molecule has 0 spiro atoms. The zero-order valence-electron chi connectivity index (χ0n) is 18.2. The van der Waals surface area contributed by atoms with Crippen LogP contribution in [0.5, 0.6) is 5.88 Å². The van der Waals surface area contributed by atoms with Gasteiger partial charge in [-0.05, 0) is 30.3 Å². The monoisotopic (exact) mass is 510 g/mol. The van der Waals surface area contributed by atoms with Gasteiger partial charge in [0.1, 0.15) is 24.7 Å². The Balaban J connectivity index is 2.54. The highest BCUT2D eigenvalue weighted by atomic mass is 32.2. The van der Waals surface area contributed by atoms with Gasteiger partial charge in [0.25, 0.3) is 5.91 Å². The van der Waals surface area contributed by atoms with Crippen molar-refractivity contribution in [2.24, 2.45) is 0 Å². The van der Waals surface area contributed by atoms with E-state index in [1.165, 1.54) is 6.20 Å². The van der Waals surface area contributed by atoms with Gasteiger partial charge in [-0.25, -0.2) is 19.1 Å². The van der Waals surface area contributed by atoms with Gasteiger partial charge in [-0.1, -0.05) is 18.3 Å². The van der Waals surface area contributed by atoms with Crippen molar-refractivity contribution in [2.75, 3.05) is 25.1 Å². The number of halogens is 4. The first kappa shape index (κ1) is 27.3. The highest BCUT2D eigenvalue weighted by Gasteiger charge is 2.35. The minimum atomic E-state index is -4.77. The molecule has 1 heterocycles. The Kier molecular flexibility index (Phi) is 9.35. The van der Waals surface area contributed by atoms with E-state index < -0.39 is 36.2 Å². The maximum atomic E-state index is 14.9. The molecule has 1 aromatic heterocycles. The summed E-state index contributed by atoms with van der Waals surface area (Å²) in [5.41, 5.74) is -0.858. The number of anilines is 1. The van der Waals surface area contributed by atoms with E-state index in [9.17, 15) is 37.2 Å². The van der Waals surface area contributed by atoms with Crippen LogP contribution in [0.3, 0.4) is 0 Å².